The van der Waals surface area contributed by atoms with Crippen LogP contribution in [0.2, 0.25) is 0 Å². The summed E-state index contributed by atoms with van der Waals surface area (Å²) in [5, 5.41) is 11.3. The average molecular weight is 306 g/mol. The van der Waals surface area contributed by atoms with Gasteiger partial charge in [0.05, 0.1) is 13.2 Å². The van der Waals surface area contributed by atoms with Gasteiger partial charge in [-0.15, -0.1) is 0 Å². The van der Waals surface area contributed by atoms with Crippen LogP contribution in [-0.2, 0) is 9.53 Å². The fraction of sp³-hybridized carbons (Fsp3) is 0.467. The molecule has 1 aliphatic rings. The maximum Gasteiger partial charge on any atom is 0.319 e. The van der Waals surface area contributed by atoms with E-state index in [-0.39, 0.29) is 18.5 Å². The molecule has 22 heavy (non-hydrogen) atoms. The highest BCUT2D eigenvalue weighted by molar-refractivity contribution is 5.93. The molecule has 1 aromatic carbocycles. The molecule has 1 aliphatic carbocycles. The van der Waals surface area contributed by atoms with Crippen LogP contribution >= 0.6 is 0 Å². The average Bonchev–Trinajstić information content (AvgIpc) is 3.29. The third-order valence-electron chi connectivity index (χ3n) is 3.11. The Labute approximate surface area is 129 Å². The minimum atomic E-state index is -0.193. The van der Waals surface area contributed by atoms with Gasteiger partial charge in [0.25, 0.3) is 0 Å². The number of carbonyl (C=O) groups is 2. The predicted octanol–water partition coefficient (Wildman–Crippen LogP) is 1.14. The van der Waals surface area contributed by atoms with E-state index < -0.39 is 0 Å². The molecule has 7 nitrogen and oxygen atoms in total. The van der Waals surface area contributed by atoms with E-state index in [0.29, 0.717) is 30.6 Å². The van der Waals surface area contributed by atoms with Crippen molar-refractivity contribution < 1.29 is 14.3 Å². The normalized spacial score (nSPS) is 13.5. The van der Waals surface area contributed by atoms with Crippen molar-refractivity contribution in [2.24, 2.45) is 0 Å². The summed E-state index contributed by atoms with van der Waals surface area (Å²) in [4.78, 5) is 23.3. The Kier molecular flexibility index (Phi) is 6.17. The summed E-state index contributed by atoms with van der Waals surface area (Å²) < 4.78 is 4.88. The molecule has 1 saturated carbocycles. The number of carbonyl (C=O) groups excluding carboxylic acids is 2. The predicted molar refractivity (Wildman–Crippen MR) is 85.0 cm³/mol. The van der Waals surface area contributed by atoms with Crippen molar-refractivity contribution in [3.63, 3.8) is 0 Å². The van der Waals surface area contributed by atoms with Crippen molar-refractivity contribution in [3.05, 3.63) is 24.3 Å². The number of benzene rings is 1. The summed E-state index contributed by atoms with van der Waals surface area (Å²) >= 11 is 0. The molecule has 1 aromatic rings. The highest BCUT2D eigenvalue weighted by Gasteiger charge is 2.23. The van der Waals surface area contributed by atoms with Crippen LogP contribution in [0.25, 0.3) is 0 Å². The molecule has 0 atom stereocenters. The van der Waals surface area contributed by atoms with Crippen molar-refractivity contribution >= 4 is 23.3 Å². The lowest BCUT2D eigenvalue weighted by molar-refractivity contribution is -0.115. The van der Waals surface area contributed by atoms with Crippen molar-refractivity contribution in [1.82, 2.24) is 10.6 Å². The second kappa shape index (κ2) is 8.35. The Balaban J connectivity index is 1.71. The van der Waals surface area contributed by atoms with Crippen LogP contribution in [-0.4, -0.2) is 44.8 Å². The lowest BCUT2D eigenvalue weighted by Gasteiger charge is -2.09. The number of amides is 3. The summed E-state index contributed by atoms with van der Waals surface area (Å²) in [5.74, 6) is -0.122. The number of anilines is 2. The minimum Gasteiger partial charge on any atom is -0.383 e. The van der Waals surface area contributed by atoms with E-state index in [1.54, 1.807) is 31.4 Å². The molecule has 120 valence electrons. The number of nitrogens with one attached hydrogen (secondary N) is 4. The molecule has 4 N–H and O–H groups in total. The van der Waals surface area contributed by atoms with Crippen molar-refractivity contribution in [2.75, 3.05) is 37.4 Å². The second-order valence-corrected chi connectivity index (χ2v) is 5.17. The Morgan fingerprint density at radius 3 is 2.36 bits per heavy atom. The van der Waals surface area contributed by atoms with E-state index in [4.69, 9.17) is 4.74 Å². The molecule has 3 amide bonds. The molecule has 0 saturated heterocycles. The van der Waals surface area contributed by atoms with Gasteiger partial charge in [-0.2, -0.15) is 0 Å². The summed E-state index contributed by atoms with van der Waals surface area (Å²) in [7, 11) is 1.61. The number of urea groups is 1. The lowest BCUT2D eigenvalue weighted by Crippen LogP contribution is -2.30. The van der Waals surface area contributed by atoms with Crippen molar-refractivity contribution in [2.45, 2.75) is 18.9 Å². The SMILES string of the molecule is COCCNCC(=O)Nc1ccc(NC(=O)NC2CC2)cc1. The first kappa shape index (κ1) is 16.3. The number of rotatable bonds is 8. The largest absolute Gasteiger partial charge is 0.383 e. The molecule has 0 spiro atoms. The number of hydrogen-bond acceptors (Lipinski definition) is 4. The molecule has 0 aromatic heterocycles. The second-order valence-electron chi connectivity index (χ2n) is 5.17. The van der Waals surface area contributed by atoms with Crippen LogP contribution in [0.1, 0.15) is 12.8 Å². The first-order chi connectivity index (χ1) is 10.7. The third-order valence-corrected chi connectivity index (χ3v) is 3.11. The highest BCUT2D eigenvalue weighted by atomic mass is 16.5. The van der Waals surface area contributed by atoms with Gasteiger partial charge in [-0.3, -0.25) is 4.79 Å². The van der Waals surface area contributed by atoms with E-state index in [1.165, 1.54) is 0 Å². The van der Waals surface area contributed by atoms with E-state index in [1.807, 2.05) is 0 Å². The molecular weight excluding hydrogens is 284 g/mol. The Morgan fingerprint density at radius 2 is 1.77 bits per heavy atom. The zero-order chi connectivity index (χ0) is 15.8. The van der Waals surface area contributed by atoms with E-state index in [9.17, 15) is 9.59 Å². The first-order valence-electron chi connectivity index (χ1n) is 7.34. The summed E-state index contributed by atoms with van der Waals surface area (Å²) in [5.41, 5.74) is 1.38. The molecule has 7 heteroatoms. The van der Waals surface area contributed by atoms with Gasteiger partial charge in [-0.05, 0) is 37.1 Å². The Bertz CT molecular complexity index is 500. The van der Waals surface area contributed by atoms with Crippen LogP contribution in [0.3, 0.4) is 0 Å². The zero-order valence-electron chi connectivity index (χ0n) is 12.6. The van der Waals surface area contributed by atoms with Gasteiger partial charge in [-0.25, -0.2) is 4.79 Å². The standard InChI is InChI=1S/C15H22N4O3/c1-22-9-8-16-10-14(20)17-11-2-4-12(5-3-11)18-15(21)19-13-6-7-13/h2-5,13,16H,6-10H2,1H3,(H,17,20)(H2,18,19,21). The molecular formula is C15H22N4O3. The van der Waals surface area contributed by atoms with E-state index >= 15 is 0 Å². The van der Waals surface area contributed by atoms with Gasteiger partial charge in [0.2, 0.25) is 5.91 Å². The molecule has 2 rings (SSSR count). The fourth-order valence-electron chi connectivity index (χ4n) is 1.80. The molecule has 0 aliphatic heterocycles. The molecule has 0 bridgehead atoms. The number of ether oxygens (including phenoxy) is 1. The van der Waals surface area contributed by atoms with Crippen LogP contribution in [0, 0.1) is 0 Å². The highest BCUT2D eigenvalue weighted by Crippen LogP contribution is 2.19. The number of methoxy groups -OCH3 is 1. The maximum atomic E-state index is 11.7. The molecule has 0 radical (unpaired) electrons. The van der Waals surface area contributed by atoms with Gasteiger partial charge in [0.15, 0.2) is 0 Å². The van der Waals surface area contributed by atoms with Crippen molar-refractivity contribution in [3.8, 4) is 0 Å². The van der Waals surface area contributed by atoms with Crippen LogP contribution < -0.4 is 21.3 Å². The smallest absolute Gasteiger partial charge is 0.319 e. The monoisotopic (exact) mass is 306 g/mol. The maximum absolute atomic E-state index is 11.7. The molecule has 1 fully saturated rings. The third kappa shape index (κ3) is 6.11. The van der Waals surface area contributed by atoms with Crippen LogP contribution in [0.15, 0.2) is 24.3 Å². The Hall–Kier alpha value is -2.12. The minimum absolute atomic E-state index is 0.122. The zero-order valence-corrected chi connectivity index (χ0v) is 12.6. The quantitative estimate of drug-likeness (QED) is 0.542. The summed E-state index contributed by atoms with van der Waals surface area (Å²) in [6.07, 6.45) is 2.10. The summed E-state index contributed by atoms with van der Waals surface area (Å²) in [6.45, 7) is 1.42. The molecule has 0 heterocycles. The van der Waals surface area contributed by atoms with Gasteiger partial charge in [-0.1, -0.05) is 0 Å². The van der Waals surface area contributed by atoms with Crippen LogP contribution in [0.4, 0.5) is 16.2 Å². The molecule has 0 unspecified atom stereocenters. The summed E-state index contributed by atoms with van der Waals surface area (Å²) in [6, 6.07) is 7.13. The topological polar surface area (TPSA) is 91.5 Å². The van der Waals surface area contributed by atoms with Gasteiger partial charge in [0.1, 0.15) is 0 Å². The lowest BCUT2D eigenvalue weighted by atomic mass is 10.3. The van der Waals surface area contributed by atoms with Gasteiger partial charge in [0, 0.05) is 31.1 Å². The van der Waals surface area contributed by atoms with Crippen LogP contribution in [0.5, 0.6) is 0 Å². The fourth-order valence-corrected chi connectivity index (χ4v) is 1.80. The van der Waals surface area contributed by atoms with Gasteiger partial charge < -0.3 is 26.0 Å². The van der Waals surface area contributed by atoms with E-state index in [0.717, 1.165) is 12.8 Å². The van der Waals surface area contributed by atoms with Gasteiger partial charge >= 0.3 is 6.03 Å². The van der Waals surface area contributed by atoms with Crippen molar-refractivity contribution in [1.29, 1.82) is 0 Å². The Morgan fingerprint density at radius 1 is 1.14 bits per heavy atom. The van der Waals surface area contributed by atoms with E-state index in [2.05, 4.69) is 21.3 Å². The first-order valence-corrected chi connectivity index (χ1v) is 7.34. The number of hydrogen-bond donors (Lipinski definition) is 4.